The van der Waals surface area contributed by atoms with E-state index in [-0.39, 0.29) is 18.1 Å². The summed E-state index contributed by atoms with van der Waals surface area (Å²) in [6.07, 6.45) is 6.03. The Labute approximate surface area is 168 Å². The molecule has 2 unspecified atom stereocenters. The second kappa shape index (κ2) is 10.2. The minimum atomic E-state index is 0.190. The summed E-state index contributed by atoms with van der Waals surface area (Å²) in [5.41, 5.74) is 1.61. The maximum Gasteiger partial charge on any atom is 0.0700 e. The number of piperidine rings is 1. The van der Waals surface area contributed by atoms with Crippen molar-refractivity contribution in [3.8, 4) is 0 Å². The van der Waals surface area contributed by atoms with E-state index >= 15 is 0 Å². The maximum atomic E-state index is 10.1. The standard InChI is InChI=1S/C22H34ClNO3/c1-2-26-13-14-27-16-18-5-3-12-24(21(18)15-25)17-22(10-4-11-22)19-6-8-20(23)9-7-19/h6-9,18,21,25H,2-5,10-17H2,1H3. The number of nitrogens with zero attached hydrogens (tertiary/aromatic N) is 1. The molecule has 0 amide bonds. The molecule has 4 nitrogen and oxygen atoms in total. The quantitative estimate of drug-likeness (QED) is 0.610. The molecule has 5 heteroatoms. The van der Waals surface area contributed by atoms with Crippen LogP contribution < -0.4 is 0 Å². The van der Waals surface area contributed by atoms with E-state index < -0.39 is 0 Å². The third kappa shape index (κ3) is 5.24. The van der Waals surface area contributed by atoms with E-state index in [2.05, 4.69) is 17.0 Å². The van der Waals surface area contributed by atoms with E-state index in [1.165, 1.54) is 31.2 Å². The molecular formula is C22H34ClNO3. The second-order valence-corrected chi connectivity index (χ2v) is 8.47. The monoisotopic (exact) mass is 395 g/mol. The minimum Gasteiger partial charge on any atom is -0.395 e. The molecule has 152 valence electrons. The Balaban J connectivity index is 1.61. The van der Waals surface area contributed by atoms with E-state index in [4.69, 9.17) is 21.1 Å². The fourth-order valence-electron chi connectivity index (χ4n) is 4.70. The second-order valence-electron chi connectivity index (χ2n) is 8.04. The Morgan fingerprint density at radius 1 is 1.15 bits per heavy atom. The molecule has 1 N–H and O–H groups in total. The largest absolute Gasteiger partial charge is 0.395 e. The molecule has 2 aliphatic rings. The van der Waals surface area contributed by atoms with E-state index in [0.717, 1.165) is 31.1 Å². The van der Waals surface area contributed by atoms with Crippen molar-refractivity contribution < 1.29 is 14.6 Å². The number of likely N-dealkylation sites (tertiary alicyclic amines) is 1. The van der Waals surface area contributed by atoms with Crippen LogP contribution in [0.3, 0.4) is 0 Å². The van der Waals surface area contributed by atoms with E-state index in [1.54, 1.807) is 0 Å². The number of ether oxygens (including phenoxy) is 2. The van der Waals surface area contributed by atoms with Gasteiger partial charge in [-0.2, -0.15) is 0 Å². The molecule has 27 heavy (non-hydrogen) atoms. The van der Waals surface area contributed by atoms with Gasteiger partial charge in [-0.25, -0.2) is 0 Å². The lowest BCUT2D eigenvalue weighted by molar-refractivity contribution is -0.0293. The summed E-state index contributed by atoms with van der Waals surface area (Å²) < 4.78 is 11.2. The van der Waals surface area contributed by atoms with Crippen LogP contribution in [-0.2, 0) is 14.9 Å². The fraction of sp³-hybridized carbons (Fsp3) is 0.727. The summed E-state index contributed by atoms with van der Waals surface area (Å²) >= 11 is 6.09. The SMILES string of the molecule is CCOCCOCC1CCCN(CC2(c3ccc(Cl)cc3)CCC2)C1CO. The zero-order valence-corrected chi connectivity index (χ0v) is 17.3. The van der Waals surface area contributed by atoms with Gasteiger partial charge in [-0.05, 0) is 56.8 Å². The van der Waals surface area contributed by atoms with Crippen molar-refractivity contribution >= 4 is 11.6 Å². The first-order valence-corrected chi connectivity index (χ1v) is 10.8. The number of hydrogen-bond acceptors (Lipinski definition) is 4. The van der Waals surface area contributed by atoms with Crippen LogP contribution >= 0.6 is 11.6 Å². The van der Waals surface area contributed by atoms with Crippen molar-refractivity contribution in [2.75, 3.05) is 46.1 Å². The molecule has 1 aliphatic heterocycles. The number of aliphatic hydroxyl groups is 1. The molecule has 0 bridgehead atoms. The first kappa shape index (κ1) is 21.1. The molecule has 2 fully saturated rings. The topological polar surface area (TPSA) is 41.9 Å². The molecule has 1 aromatic rings. The van der Waals surface area contributed by atoms with E-state index in [9.17, 15) is 5.11 Å². The lowest BCUT2D eigenvalue weighted by Crippen LogP contribution is -2.55. The molecule has 0 radical (unpaired) electrons. The number of benzene rings is 1. The van der Waals surface area contributed by atoms with E-state index in [1.807, 2.05) is 19.1 Å². The van der Waals surface area contributed by atoms with Crippen LogP contribution in [0.25, 0.3) is 0 Å². The summed E-state index contributed by atoms with van der Waals surface area (Å²) in [5.74, 6) is 0.396. The molecule has 1 saturated carbocycles. The highest BCUT2D eigenvalue weighted by molar-refractivity contribution is 6.30. The van der Waals surface area contributed by atoms with Gasteiger partial charge in [0.25, 0.3) is 0 Å². The number of rotatable bonds is 10. The zero-order valence-electron chi connectivity index (χ0n) is 16.5. The van der Waals surface area contributed by atoms with Gasteiger partial charge in [0.15, 0.2) is 0 Å². The predicted molar refractivity (Wildman–Crippen MR) is 109 cm³/mol. The van der Waals surface area contributed by atoms with Crippen LogP contribution in [0.2, 0.25) is 5.02 Å². The van der Waals surface area contributed by atoms with Gasteiger partial charge in [0, 0.05) is 35.5 Å². The molecule has 0 aromatic heterocycles. The van der Waals surface area contributed by atoms with Gasteiger partial charge in [0.05, 0.1) is 26.4 Å². The van der Waals surface area contributed by atoms with Gasteiger partial charge >= 0.3 is 0 Å². The molecule has 1 aliphatic carbocycles. The van der Waals surface area contributed by atoms with Crippen molar-refractivity contribution in [1.29, 1.82) is 0 Å². The zero-order chi connectivity index (χ0) is 19.1. The highest BCUT2D eigenvalue weighted by atomic mass is 35.5. The Morgan fingerprint density at radius 3 is 2.52 bits per heavy atom. The Morgan fingerprint density at radius 2 is 1.89 bits per heavy atom. The third-order valence-electron chi connectivity index (χ3n) is 6.40. The lowest BCUT2D eigenvalue weighted by atomic mass is 9.63. The summed E-state index contributed by atoms with van der Waals surface area (Å²) in [5, 5.41) is 10.9. The Bertz CT molecular complexity index is 561. The highest BCUT2D eigenvalue weighted by Gasteiger charge is 2.43. The fourth-order valence-corrected chi connectivity index (χ4v) is 4.82. The average Bonchev–Trinajstić information content (AvgIpc) is 2.65. The lowest BCUT2D eigenvalue weighted by Gasteiger charge is -2.50. The van der Waals surface area contributed by atoms with Crippen LogP contribution in [0, 0.1) is 5.92 Å². The van der Waals surface area contributed by atoms with Gasteiger partial charge in [0.1, 0.15) is 0 Å². The number of aliphatic hydroxyl groups excluding tert-OH is 1. The molecule has 1 saturated heterocycles. The van der Waals surface area contributed by atoms with Gasteiger partial charge in [-0.1, -0.05) is 30.2 Å². The van der Waals surface area contributed by atoms with Crippen LogP contribution in [0.15, 0.2) is 24.3 Å². The van der Waals surface area contributed by atoms with Gasteiger partial charge in [0.2, 0.25) is 0 Å². The average molecular weight is 396 g/mol. The van der Waals surface area contributed by atoms with Crippen LogP contribution in [-0.4, -0.2) is 62.2 Å². The summed E-state index contributed by atoms with van der Waals surface area (Å²) in [7, 11) is 0. The maximum absolute atomic E-state index is 10.1. The van der Waals surface area contributed by atoms with Crippen LogP contribution in [0.1, 0.15) is 44.6 Å². The van der Waals surface area contributed by atoms with Gasteiger partial charge in [-0.3, -0.25) is 4.90 Å². The van der Waals surface area contributed by atoms with E-state index in [0.29, 0.717) is 25.7 Å². The number of halogens is 1. The van der Waals surface area contributed by atoms with Crippen LogP contribution in [0.4, 0.5) is 0 Å². The first-order chi connectivity index (χ1) is 13.2. The van der Waals surface area contributed by atoms with Crippen molar-refractivity contribution in [3.05, 3.63) is 34.9 Å². The van der Waals surface area contributed by atoms with Crippen molar-refractivity contribution in [1.82, 2.24) is 4.90 Å². The minimum absolute atomic E-state index is 0.190. The molecule has 0 spiro atoms. The number of hydrogen-bond donors (Lipinski definition) is 1. The molecule has 2 atom stereocenters. The predicted octanol–water partition coefficient (Wildman–Crippen LogP) is 3.89. The Kier molecular flexibility index (Phi) is 7.97. The first-order valence-electron chi connectivity index (χ1n) is 10.4. The third-order valence-corrected chi connectivity index (χ3v) is 6.65. The summed E-state index contributed by atoms with van der Waals surface area (Å²) in [4.78, 5) is 2.52. The van der Waals surface area contributed by atoms with Crippen molar-refractivity contribution in [2.45, 2.75) is 50.5 Å². The normalized spacial score (nSPS) is 25.3. The van der Waals surface area contributed by atoms with Crippen molar-refractivity contribution in [2.24, 2.45) is 5.92 Å². The Hall–Kier alpha value is -0.650. The summed E-state index contributed by atoms with van der Waals surface area (Å²) in [6, 6.07) is 8.58. The van der Waals surface area contributed by atoms with Gasteiger partial charge in [-0.15, -0.1) is 0 Å². The smallest absolute Gasteiger partial charge is 0.0700 e. The van der Waals surface area contributed by atoms with Crippen molar-refractivity contribution in [3.63, 3.8) is 0 Å². The molecule has 1 aromatic carbocycles. The summed E-state index contributed by atoms with van der Waals surface area (Å²) in [6.45, 7) is 7.02. The highest BCUT2D eigenvalue weighted by Crippen LogP contribution is 2.45. The molecular weight excluding hydrogens is 362 g/mol. The van der Waals surface area contributed by atoms with Crippen LogP contribution in [0.5, 0.6) is 0 Å². The van der Waals surface area contributed by atoms with Gasteiger partial charge < -0.3 is 14.6 Å². The molecule has 1 heterocycles. The molecule has 3 rings (SSSR count).